The lowest BCUT2D eigenvalue weighted by atomic mass is 10.1. The van der Waals surface area contributed by atoms with Crippen molar-refractivity contribution in [3.05, 3.63) is 63.6 Å². The van der Waals surface area contributed by atoms with E-state index in [1.54, 1.807) is 0 Å². The molecule has 2 heterocycles. The standard InChI is InChI=1S/C23H20F6N4O4/c1-11(23(27,28)29)37-17-10-15(33-22(35)32-8-4-3-5-18(32)31-33)14(25)9-12(17)21(34)30-20-13(24)6-7-16(36-2)19(20)26/h6-7,9-11H,3-5,8H2,1-2H3,(H,30,34)/t11-/m0/s1. The van der Waals surface area contributed by atoms with Crippen molar-refractivity contribution >= 4 is 11.6 Å². The molecule has 0 unspecified atom stereocenters. The Hall–Kier alpha value is -3.97. The summed E-state index contributed by atoms with van der Waals surface area (Å²) in [4.78, 5) is 25.7. The van der Waals surface area contributed by atoms with Crippen molar-refractivity contribution in [1.29, 1.82) is 0 Å². The Balaban J connectivity index is 1.81. The van der Waals surface area contributed by atoms with Crippen LogP contribution >= 0.6 is 0 Å². The quantitative estimate of drug-likeness (QED) is 0.478. The van der Waals surface area contributed by atoms with Crippen molar-refractivity contribution in [2.75, 3.05) is 12.4 Å². The van der Waals surface area contributed by atoms with Crippen LogP contribution in [0, 0.1) is 17.5 Å². The highest BCUT2D eigenvalue weighted by Crippen LogP contribution is 2.33. The van der Waals surface area contributed by atoms with Gasteiger partial charge in [0.05, 0.1) is 12.7 Å². The Labute approximate surface area is 205 Å². The van der Waals surface area contributed by atoms with Crippen LogP contribution in [0.3, 0.4) is 0 Å². The molecule has 0 saturated carbocycles. The van der Waals surface area contributed by atoms with Gasteiger partial charge in [0.1, 0.15) is 34.6 Å². The van der Waals surface area contributed by atoms with Gasteiger partial charge in [0.2, 0.25) is 0 Å². The van der Waals surface area contributed by atoms with E-state index in [0.29, 0.717) is 48.9 Å². The van der Waals surface area contributed by atoms with Gasteiger partial charge in [0.25, 0.3) is 5.91 Å². The van der Waals surface area contributed by atoms with Gasteiger partial charge in [-0.2, -0.15) is 17.9 Å². The minimum absolute atomic E-state index is 0.336. The fourth-order valence-corrected chi connectivity index (χ4v) is 3.78. The number of nitrogens with zero attached hydrogens (tertiary/aromatic N) is 3. The van der Waals surface area contributed by atoms with Crippen LogP contribution in [0.2, 0.25) is 0 Å². The maximum absolute atomic E-state index is 15.2. The number of aromatic nitrogens is 3. The minimum Gasteiger partial charge on any atom is -0.494 e. The first-order valence-corrected chi connectivity index (χ1v) is 11.0. The fourth-order valence-electron chi connectivity index (χ4n) is 3.78. The van der Waals surface area contributed by atoms with Crippen molar-refractivity contribution < 1.29 is 40.6 Å². The van der Waals surface area contributed by atoms with Gasteiger partial charge in [0, 0.05) is 19.0 Å². The molecule has 0 aliphatic carbocycles. The molecule has 3 aromatic rings. The third kappa shape index (κ3) is 5.00. The number of benzene rings is 2. The van der Waals surface area contributed by atoms with Crippen molar-refractivity contribution in [3.8, 4) is 17.2 Å². The molecule has 1 aliphatic heterocycles. The number of aryl methyl sites for hydroxylation is 1. The molecule has 1 amide bonds. The zero-order valence-electron chi connectivity index (χ0n) is 19.5. The Bertz CT molecular complexity index is 1420. The molecule has 0 fully saturated rings. The molecule has 2 aromatic carbocycles. The number of nitrogens with one attached hydrogen (secondary N) is 1. The summed E-state index contributed by atoms with van der Waals surface area (Å²) in [6.45, 7) is 0.982. The molecule has 1 N–H and O–H groups in total. The Kier molecular flexibility index (Phi) is 6.93. The van der Waals surface area contributed by atoms with E-state index in [1.165, 1.54) is 4.57 Å². The molecular weight excluding hydrogens is 510 g/mol. The summed E-state index contributed by atoms with van der Waals surface area (Å²) in [6, 6.07) is 2.96. The van der Waals surface area contributed by atoms with Gasteiger partial charge in [-0.05, 0) is 38.0 Å². The number of amides is 1. The molecule has 0 saturated heterocycles. The molecule has 1 aromatic heterocycles. The van der Waals surface area contributed by atoms with Crippen LogP contribution in [0.25, 0.3) is 5.69 Å². The van der Waals surface area contributed by atoms with Crippen molar-refractivity contribution in [2.24, 2.45) is 0 Å². The van der Waals surface area contributed by atoms with Gasteiger partial charge >= 0.3 is 11.9 Å². The maximum Gasteiger partial charge on any atom is 0.425 e. The molecule has 1 atom stereocenters. The zero-order valence-corrected chi connectivity index (χ0v) is 19.5. The average Bonchev–Trinajstić information content (AvgIpc) is 3.18. The second kappa shape index (κ2) is 9.82. The molecular formula is C23H20F6N4O4. The largest absolute Gasteiger partial charge is 0.494 e. The molecule has 1 aliphatic rings. The van der Waals surface area contributed by atoms with Crippen LogP contribution in [0.15, 0.2) is 29.1 Å². The van der Waals surface area contributed by atoms with E-state index in [4.69, 9.17) is 9.47 Å². The van der Waals surface area contributed by atoms with Gasteiger partial charge in [-0.25, -0.2) is 18.0 Å². The third-order valence-electron chi connectivity index (χ3n) is 5.77. The number of halogens is 6. The van der Waals surface area contributed by atoms with Crippen LogP contribution < -0.4 is 20.5 Å². The van der Waals surface area contributed by atoms with Crippen LogP contribution in [-0.4, -0.2) is 39.6 Å². The molecule has 0 bridgehead atoms. The SMILES string of the molecule is COc1ccc(F)c(NC(=O)c2cc(F)c(-n3nc4n(c3=O)CCCC4)cc2O[C@@H](C)C(F)(F)F)c1F. The molecule has 4 rings (SSSR count). The van der Waals surface area contributed by atoms with E-state index >= 15 is 4.39 Å². The van der Waals surface area contributed by atoms with Gasteiger partial charge in [-0.3, -0.25) is 9.36 Å². The molecule has 14 heteroatoms. The number of carbonyl (C=O) groups is 1. The van der Waals surface area contributed by atoms with Gasteiger partial charge in [-0.1, -0.05) is 0 Å². The number of ether oxygens (including phenoxy) is 2. The normalized spacial score (nSPS) is 14.2. The Morgan fingerprint density at radius 1 is 1.11 bits per heavy atom. The first-order chi connectivity index (χ1) is 17.4. The number of anilines is 1. The Morgan fingerprint density at radius 2 is 1.84 bits per heavy atom. The third-order valence-corrected chi connectivity index (χ3v) is 5.77. The first kappa shape index (κ1) is 26.1. The van der Waals surface area contributed by atoms with E-state index in [0.717, 1.165) is 25.7 Å². The first-order valence-electron chi connectivity index (χ1n) is 11.0. The zero-order chi connectivity index (χ0) is 27.1. The number of carbonyl (C=O) groups excluding carboxylic acids is 1. The average molecular weight is 530 g/mol. The molecule has 0 spiro atoms. The van der Waals surface area contributed by atoms with Gasteiger partial charge in [-0.15, -0.1) is 5.10 Å². The highest BCUT2D eigenvalue weighted by atomic mass is 19.4. The molecule has 8 nitrogen and oxygen atoms in total. The number of hydrogen-bond acceptors (Lipinski definition) is 5. The van der Waals surface area contributed by atoms with Crippen LogP contribution in [0.5, 0.6) is 11.5 Å². The lowest BCUT2D eigenvalue weighted by Crippen LogP contribution is -2.32. The molecule has 37 heavy (non-hydrogen) atoms. The number of alkyl halides is 3. The lowest BCUT2D eigenvalue weighted by Gasteiger charge is -2.20. The van der Waals surface area contributed by atoms with Crippen LogP contribution in [0.4, 0.5) is 32.0 Å². The van der Waals surface area contributed by atoms with Crippen molar-refractivity contribution in [2.45, 2.75) is 45.0 Å². The summed E-state index contributed by atoms with van der Waals surface area (Å²) in [7, 11) is 1.09. The summed E-state index contributed by atoms with van der Waals surface area (Å²) < 4.78 is 95.3. The second-order valence-corrected chi connectivity index (χ2v) is 8.21. The van der Waals surface area contributed by atoms with Crippen LogP contribution in [0.1, 0.15) is 35.9 Å². The van der Waals surface area contributed by atoms with Gasteiger partial charge < -0.3 is 14.8 Å². The predicted molar refractivity (Wildman–Crippen MR) is 118 cm³/mol. The van der Waals surface area contributed by atoms with Crippen molar-refractivity contribution in [1.82, 2.24) is 14.3 Å². The summed E-state index contributed by atoms with van der Waals surface area (Å²) >= 11 is 0. The smallest absolute Gasteiger partial charge is 0.425 e. The maximum atomic E-state index is 15.2. The Morgan fingerprint density at radius 3 is 2.49 bits per heavy atom. The molecule has 0 radical (unpaired) electrons. The fraction of sp³-hybridized carbons (Fsp3) is 0.348. The number of methoxy groups -OCH3 is 1. The number of hydrogen-bond donors (Lipinski definition) is 1. The van der Waals surface area contributed by atoms with E-state index < -0.39 is 69.8 Å². The topological polar surface area (TPSA) is 87.4 Å². The second-order valence-electron chi connectivity index (χ2n) is 8.21. The number of fused-ring (bicyclic) bond motifs is 1. The lowest BCUT2D eigenvalue weighted by molar-refractivity contribution is -0.189. The van der Waals surface area contributed by atoms with Gasteiger partial charge in [0.15, 0.2) is 17.7 Å². The minimum atomic E-state index is -4.88. The summed E-state index contributed by atoms with van der Waals surface area (Å²) in [5.74, 6) is -5.95. The summed E-state index contributed by atoms with van der Waals surface area (Å²) in [5.41, 5.74) is -3.06. The van der Waals surface area contributed by atoms with Crippen molar-refractivity contribution in [3.63, 3.8) is 0 Å². The highest BCUT2D eigenvalue weighted by Gasteiger charge is 2.39. The molecule has 198 valence electrons. The van der Waals surface area contributed by atoms with E-state index in [9.17, 15) is 31.5 Å². The summed E-state index contributed by atoms with van der Waals surface area (Å²) in [6.07, 6.45) is -5.47. The van der Waals surface area contributed by atoms with E-state index in [2.05, 4.69) is 5.10 Å². The van der Waals surface area contributed by atoms with E-state index in [1.807, 2.05) is 5.32 Å². The highest BCUT2D eigenvalue weighted by molar-refractivity contribution is 6.06. The monoisotopic (exact) mass is 530 g/mol. The summed E-state index contributed by atoms with van der Waals surface area (Å²) in [5, 5.41) is 5.95. The van der Waals surface area contributed by atoms with E-state index in [-0.39, 0.29) is 0 Å². The predicted octanol–water partition coefficient (Wildman–Crippen LogP) is 4.38. The number of rotatable bonds is 6. The van der Waals surface area contributed by atoms with Crippen LogP contribution in [-0.2, 0) is 13.0 Å².